The second-order valence-electron chi connectivity index (χ2n) is 16.9. The van der Waals surface area contributed by atoms with Crippen LogP contribution >= 0.6 is 0 Å². The van der Waals surface area contributed by atoms with Crippen molar-refractivity contribution in [1.29, 1.82) is 0 Å². The molecule has 1 aliphatic rings. The van der Waals surface area contributed by atoms with Crippen LogP contribution in [0.1, 0.15) is 11.1 Å². The van der Waals surface area contributed by atoms with Crippen molar-refractivity contribution in [2.45, 2.75) is 12.8 Å². The number of nitrogens with zero attached hydrogens (tertiary/aromatic N) is 5. The molecule has 65 heavy (non-hydrogen) atoms. The molecule has 0 unspecified atom stereocenters. The van der Waals surface area contributed by atoms with Crippen molar-refractivity contribution in [2.75, 3.05) is 4.90 Å². The van der Waals surface area contributed by atoms with Crippen molar-refractivity contribution in [3.8, 4) is 45.3 Å². The van der Waals surface area contributed by atoms with E-state index in [2.05, 4.69) is 232 Å². The van der Waals surface area contributed by atoms with E-state index in [1.165, 1.54) is 44.0 Å². The van der Waals surface area contributed by atoms with Gasteiger partial charge >= 0.3 is 0 Å². The number of para-hydroxylation sites is 6. The van der Waals surface area contributed by atoms with E-state index in [1.807, 2.05) is 6.07 Å². The highest BCUT2D eigenvalue weighted by atomic mass is 15.2. The summed E-state index contributed by atoms with van der Waals surface area (Å²) < 4.78 is 4.99. The third-order valence-electron chi connectivity index (χ3n) is 13.2. The molecule has 1 aliphatic heterocycles. The lowest BCUT2D eigenvalue weighted by Crippen LogP contribution is -2.18. The van der Waals surface area contributed by atoms with Gasteiger partial charge < -0.3 is 14.0 Å². The van der Waals surface area contributed by atoms with Crippen molar-refractivity contribution in [1.82, 2.24) is 19.1 Å². The number of benzene rings is 9. The van der Waals surface area contributed by atoms with Crippen LogP contribution in [0, 0.1) is 0 Å². The van der Waals surface area contributed by atoms with Crippen molar-refractivity contribution < 1.29 is 0 Å². The predicted molar refractivity (Wildman–Crippen MR) is 269 cm³/mol. The Bertz CT molecular complexity index is 3440. The van der Waals surface area contributed by atoms with E-state index in [0.29, 0.717) is 5.82 Å². The zero-order chi connectivity index (χ0) is 42.8. The molecule has 5 nitrogen and oxygen atoms in total. The van der Waals surface area contributed by atoms with Crippen molar-refractivity contribution in [3.05, 3.63) is 236 Å². The van der Waals surface area contributed by atoms with Gasteiger partial charge in [0.1, 0.15) is 0 Å². The Morgan fingerprint density at radius 1 is 0.308 bits per heavy atom. The maximum atomic E-state index is 5.48. The number of anilines is 3. The molecule has 0 atom stereocenters. The number of aryl methyl sites for hydroxylation is 2. The molecule has 9 aromatic carbocycles. The number of fused-ring (bicyclic) bond motifs is 8. The SMILES string of the molecule is c1ccc(-c2cc(-c3cc(-n4c5ccccc5c5ccccc54)c(N4c5ccccc5CCc5ccccc54)c(-n4c5ccccc5c5ccccc54)c3)nc(-c3ccccc3)n2)cc1. The average Bonchev–Trinajstić information content (AvgIpc) is 3.83. The Kier molecular flexibility index (Phi) is 8.59. The molecule has 0 aliphatic carbocycles. The van der Waals surface area contributed by atoms with Gasteiger partial charge in [-0.05, 0) is 78.6 Å². The molecule has 0 radical (unpaired) electrons. The summed E-state index contributed by atoms with van der Waals surface area (Å²) in [5.41, 5.74) is 17.4. The third kappa shape index (κ3) is 6.01. The Labute approximate surface area is 376 Å². The Morgan fingerprint density at radius 3 is 1.14 bits per heavy atom. The van der Waals surface area contributed by atoms with Crippen LogP contribution in [0.5, 0.6) is 0 Å². The highest BCUT2D eigenvalue weighted by Crippen LogP contribution is 2.51. The monoisotopic (exact) mass is 831 g/mol. The number of hydrogen-bond donors (Lipinski definition) is 0. The summed E-state index contributed by atoms with van der Waals surface area (Å²) in [6, 6.07) is 81.0. The third-order valence-corrected chi connectivity index (χ3v) is 13.2. The van der Waals surface area contributed by atoms with Crippen molar-refractivity contribution >= 4 is 60.7 Å². The second kappa shape index (κ2) is 15.1. The molecule has 12 aromatic rings. The Hall–Kier alpha value is -8.54. The van der Waals surface area contributed by atoms with Crippen LogP contribution in [0.25, 0.3) is 88.9 Å². The number of hydrogen-bond acceptors (Lipinski definition) is 3. The maximum absolute atomic E-state index is 5.48. The van der Waals surface area contributed by atoms with Gasteiger partial charge in [0.25, 0.3) is 0 Å². The summed E-state index contributed by atoms with van der Waals surface area (Å²) >= 11 is 0. The van der Waals surface area contributed by atoms with Gasteiger partial charge in [-0.1, -0.05) is 170 Å². The first-order valence-corrected chi connectivity index (χ1v) is 22.4. The van der Waals surface area contributed by atoms with Gasteiger partial charge in [0.2, 0.25) is 0 Å². The molecule has 4 heterocycles. The number of rotatable bonds is 6. The molecule has 0 amide bonds. The fourth-order valence-electron chi connectivity index (χ4n) is 10.3. The highest BCUT2D eigenvalue weighted by molar-refractivity contribution is 6.12. The van der Waals surface area contributed by atoms with Gasteiger partial charge in [-0.3, -0.25) is 0 Å². The molecule has 306 valence electrons. The number of aromatic nitrogens is 4. The largest absolute Gasteiger partial charge is 0.307 e. The average molecular weight is 832 g/mol. The molecule has 3 aromatic heterocycles. The Morgan fingerprint density at radius 2 is 0.677 bits per heavy atom. The molecule has 0 saturated carbocycles. The molecule has 5 heteroatoms. The maximum Gasteiger partial charge on any atom is 0.160 e. The lowest BCUT2D eigenvalue weighted by molar-refractivity contribution is 0.977. The fourth-order valence-corrected chi connectivity index (χ4v) is 10.3. The van der Waals surface area contributed by atoms with Gasteiger partial charge in [0.05, 0.1) is 50.5 Å². The van der Waals surface area contributed by atoms with Gasteiger partial charge in [-0.15, -0.1) is 0 Å². The van der Waals surface area contributed by atoms with Crippen molar-refractivity contribution in [2.24, 2.45) is 0 Å². The summed E-state index contributed by atoms with van der Waals surface area (Å²) in [6.45, 7) is 0. The summed E-state index contributed by atoms with van der Waals surface area (Å²) in [6.07, 6.45) is 1.87. The highest BCUT2D eigenvalue weighted by Gasteiger charge is 2.31. The molecule has 0 fully saturated rings. The molecule has 13 rings (SSSR count). The zero-order valence-corrected chi connectivity index (χ0v) is 35.5. The molecule has 0 N–H and O–H groups in total. The van der Waals surface area contributed by atoms with Crippen LogP contribution in [0.15, 0.2) is 224 Å². The quantitative estimate of drug-likeness (QED) is 0.168. The topological polar surface area (TPSA) is 38.9 Å². The van der Waals surface area contributed by atoms with Crippen LogP contribution in [-0.4, -0.2) is 19.1 Å². The zero-order valence-electron chi connectivity index (χ0n) is 35.5. The van der Waals surface area contributed by atoms with E-state index < -0.39 is 0 Å². The van der Waals surface area contributed by atoms with Crippen LogP contribution in [0.4, 0.5) is 17.1 Å². The fraction of sp³-hybridized carbons (Fsp3) is 0.0333. The van der Waals surface area contributed by atoms with E-state index in [9.17, 15) is 0 Å². The molecule has 0 bridgehead atoms. The molecular weight excluding hydrogens is 791 g/mol. The van der Waals surface area contributed by atoms with Gasteiger partial charge in [-0.25, -0.2) is 9.97 Å². The second-order valence-corrected chi connectivity index (χ2v) is 16.9. The lowest BCUT2D eigenvalue weighted by atomic mass is 10.0. The normalized spacial score (nSPS) is 12.5. The lowest BCUT2D eigenvalue weighted by Gasteiger charge is -2.33. The summed E-state index contributed by atoms with van der Waals surface area (Å²) in [7, 11) is 0. The van der Waals surface area contributed by atoms with Gasteiger partial charge in [0.15, 0.2) is 5.82 Å². The van der Waals surface area contributed by atoms with Gasteiger partial charge in [0, 0.05) is 49.6 Å². The minimum absolute atomic E-state index is 0.679. The minimum Gasteiger partial charge on any atom is -0.307 e. The van der Waals surface area contributed by atoms with Crippen molar-refractivity contribution in [3.63, 3.8) is 0 Å². The van der Waals surface area contributed by atoms with Gasteiger partial charge in [-0.2, -0.15) is 0 Å². The summed E-state index contributed by atoms with van der Waals surface area (Å²) in [4.78, 5) is 13.3. The first kappa shape index (κ1) is 37.1. The molecule has 0 spiro atoms. The van der Waals surface area contributed by atoms with E-state index in [4.69, 9.17) is 9.97 Å². The van der Waals surface area contributed by atoms with Crippen LogP contribution in [0.3, 0.4) is 0 Å². The van der Waals surface area contributed by atoms with Crippen LogP contribution in [0.2, 0.25) is 0 Å². The van der Waals surface area contributed by atoms with Crippen LogP contribution < -0.4 is 4.90 Å². The smallest absolute Gasteiger partial charge is 0.160 e. The summed E-state index contributed by atoms with van der Waals surface area (Å²) in [5.74, 6) is 0.679. The van der Waals surface area contributed by atoms with E-state index in [0.717, 1.165) is 80.0 Å². The molecular formula is C60H41N5. The van der Waals surface area contributed by atoms with E-state index in [-0.39, 0.29) is 0 Å². The standard InChI is InChI=1S/C60H41N5/c1-3-19-40(20-4-1)49-39-50(62-60(61-49)43-23-5-2-6-24-43)44-37-57(63-53-31-15-9-25-45(53)46-26-10-16-32-54(46)63)59(65-51-29-13-7-21-41(51)35-36-42-22-8-14-30-52(42)65)58(38-44)64-55-33-17-11-27-47(55)48-28-12-18-34-56(48)64/h1-34,37-39H,35-36H2. The van der Waals surface area contributed by atoms with E-state index >= 15 is 0 Å². The minimum atomic E-state index is 0.679. The summed E-state index contributed by atoms with van der Waals surface area (Å²) in [5, 5.41) is 4.81. The predicted octanol–water partition coefficient (Wildman–Crippen LogP) is 15.2. The first-order valence-electron chi connectivity index (χ1n) is 22.4. The Balaban J connectivity index is 1.25. The van der Waals surface area contributed by atoms with E-state index in [1.54, 1.807) is 0 Å². The van der Waals surface area contributed by atoms with Crippen LogP contribution in [-0.2, 0) is 12.8 Å². The molecule has 0 saturated heterocycles. The first-order chi connectivity index (χ1) is 32.3.